The van der Waals surface area contributed by atoms with E-state index in [2.05, 4.69) is 52.3 Å². The Hall–Kier alpha value is -3.91. The van der Waals surface area contributed by atoms with Gasteiger partial charge in [-0.3, -0.25) is 9.36 Å². The first-order chi connectivity index (χ1) is 21.0. The zero-order valence-electron chi connectivity index (χ0n) is 23.2. The zero-order valence-corrected chi connectivity index (χ0v) is 26.4. The number of nitrogens with zero attached hydrogens (tertiary/aromatic N) is 2. The van der Waals surface area contributed by atoms with E-state index in [0.29, 0.717) is 32.5 Å². The number of aromatic nitrogens is 1. The molecule has 0 radical (unpaired) electrons. The molecule has 0 bridgehead atoms. The molecule has 2 heterocycles. The molecule has 4 aromatic carbocycles. The lowest BCUT2D eigenvalue weighted by Gasteiger charge is -2.30. The van der Waals surface area contributed by atoms with Crippen molar-refractivity contribution in [2.45, 2.75) is 25.5 Å². The van der Waals surface area contributed by atoms with Crippen LogP contribution in [0, 0.1) is 0 Å². The smallest absolute Gasteiger partial charge is 0.271 e. The number of aryl methyl sites for hydroxylation is 1. The molecule has 214 valence electrons. The minimum Gasteiger partial charge on any atom is -0.493 e. The number of allylic oxidation sites excluding steroid dienone is 1. The number of ether oxygens (including phenoxy) is 2. The van der Waals surface area contributed by atoms with Gasteiger partial charge in [0, 0.05) is 20.6 Å². The summed E-state index contributed by atoms with van der Waals surface area (Å²) in [6.45, 7) is 0.317. The van der Waals surface area contributed by atoms with Crippen LogP contribution in [0.1, 0.15) is 40.3 Å². The molecule has 5 nitrogen and oxygen atoms in total. The van der Waals surface area contributed by atoms with E-state index in [-0.39, 0.29) is 11.6 Å². The molecule has 0 N–H and O–H groups in total. The predicted octanol–water partition coefficient (Wildman–Crippen LogP) is 7.32. The minimum atomic E-state index is -0.218. The van der Waals surface area contributed by atoms with Crippen molar-refractivity contribution in [3.63, 3.8) is 0 Å². The van der Waals surface area contributed by atoms with E-state index in [0.717, 1.165) is 45.3 Å². The lowest BCUT2D eigenvalue weighted by molar-refractivity contribution is 0.284. The third-order valence-corrected chi connectivity index (χ3v) is 9.77. The van der Waals surface area contributed by atoms with Crippen LogP contribution in [-0.2, 0) is 13.0 Å². The van der Waals surface area contributed by atoms with Gasteiger partial charge in [-0.1, -0.05) is 99.5 Å². The highest BCUT2D eigenvalue weighted by molar-refractivity contribution is 9.10. The van der Waals surface area contributed by atoms with Crippen molar-refractivity contribution in [2.24, 2.45) is 4.99 Å². The molecule has 8 heteroatoms. The van der Waals surface area contributed by atoms with Crippen molar-refractivity contribution in [3.8, 4) is 11.5 Å². The largest absolute Gasteiger partial charge is 0.493 e. The lowest BCUT2D eigenvalue weighted by Crippen LogP contribution is -2.38. The maximum Gasteiger partial charge on any atom is 0.271 e. The molecule has 1 atom stereocenters. The van der Waals surface area contributed by atoms with Crippen LogP contribution in [0.4, 0.5) is 0 Å². The summed E-state index contributed by atoms with van der Waals surface area (Å²) in [5, 5.41) is 0.653. The van der Waals surface area contributed by atoms with Crippen LogP contribution in [0.2, 0.25) is 5.02 Å². The molecule has 7 rings (SSSR count). The first-order valence-corrected chi connectivity index (χ1v) is 15.9. The SMILES string of the molecule is COc1cc(/C=c2/sc3n(c2=O)[C@@H](c2ccc(Br)cc2)C2=C(N=3)c3ccccc3CC2)ccc1OCc1ccccc1Cl. The summed E-state index contributed by atoms with van der Waals surface area (Å²) in [6.07, 6.45) is 3.68. The average molecular weight is 670 g/mol. The van der Waals surface area contributed by atoms with Gasteiger partial charge < -0.3 is 9.47 Å². The Morgan fingerprint density at radius 3 is 2.60 bits per heavy atom. The van der Waals surface area contributed by atoms with Crippen molar-refractivity contribution in [1.82, 2.24) is 4.57 Å². The molecule has 2 aliphatic rings. The highest BCUT2D eigenvalue weighted by Crippen LogP contribution is 2.41. The van der Waals surface area contributed by atoms with E-state index >= 15 is 0 Å². The lowest BCUT2D eigenvalue weighted by atomic mass is 9.83. The number of rotatable bonds is 6. The zero-order chi connectivity index (χ0) is 29.5. The number of hydrogen-bond donors (Lipinski definition) is 0. The molecule has 1 aliphatic heterocycles. The number of fused-ring (bicyclic) bond motifs is 3. The van der Waals surface area contributed by atoms with Crippen molar-refractivity contribution in [1.29, 1.82) is 0 Å². The number of thiazole rings is 1. The van der Waals surface area contributed by atoms with E-state index in [1.54, 1.807) is 7.11 Å². The summed E-state index contributed by atoms with van der Waals surface area (Å²) < 4.78 is 15.2. The minimum absolute atomic E-state index is 0.0555. The van der Waals surface area contributed by atoms with Crippen molar-refractivity contribution >= 4 is 50.6 Å². The topological polar surface area (TPSA) is 52.8 Å². The van der Waals surface area contributed by atoms with Crippen LogP contribution >= 0.6 is 38.9 Å². The van der Waals surface area contributed by atoms with Gasteiger partial charge in [-0.15, -0.1) is 0 Å². The highest BCUT2D eigenvalue weighted by atomic mass is 79.9. The van der Waals surface area contributed by atoms with Gasteiger partial charge in [0.25, 0.3) is 5.56 Å². The maximum atomic E-state index is 14.1. The molecule has 0 unspecified atom stereocenters. The fourth-order valence-electron chi connectivity index (χ4n) is 5.78. The number of methoxy groups -OCH3 is 1. The summed E-state index contributed by atoms with van der Waals surface area (Å²) in [7, 11) is 1.61. The molecule has 0 fully saturated rings. The van der Waals surface area contributed by atoms with Gasteiger partial charge in [-0.2, -0.15) is 0 Å². The van der Waals surface area contributed by atoms with Crippen LogP contribution in [-0.4, -0.2) is 11.7 Å². The van der Waals surface area contributed by atoms with Gasteiger partial charge in [-0.25, -0.2) is 4.99 Å². The van der Waals surface area contributed by atoms with Gasteiger partial charge in [0.2, 0.25) is 0 Å². The van der Waals surface area contributed by atoms with E-state index in [4.69, 9.17) is 26.1 Å². The third kappa shape index (κ3) is 5.26. The van der Waals surface area contributed by atoms with Crippen molar-refractivity contribution < 1.29 is 9.47 Å². The van der Waals surface area contributed by atoms with Crippen LogP contribution in [0.15, 0.2) is 111 Å². The third-order valence-electron chi connectivity index (χ3n) is 7.89. The molecule has 1 aromatic heterocycles. The van der Waals surface area contributed by atoms with E-state index < -0.39 is 0 Å². The van der Waals surface area contributed by atoms with E-state index in [9.17, 15) is 4.79 Å². The standard InChI is InChI=1S/C35H26BrClN2O3S/c1-41-30-18-21(10-17-29(30)42-20-24-7-3-5-9-28(24)37)19-31-34(40)39-33(23-11-14-25(36)15-12-23)27-16-13-22-6-2-4-8-26(22)32(27)38-35(39)43-31/h2-12,14-15,17-19,33H,13,16,20H2,1H3/b31-19+/t33-/m0/s1. The summed E-state index contributed by atoms with van der Waals surface area (Å²) in [4.78, 5) is 19.9. The molecule has 0 spiro atoms. The molecular weight excluding hydrogens is 644 g/mol. The predicted molar refractivity (Wildman–Crippen MR) is 176 cm³/mol. The Labute approximate surface area is 266 Å². The molecule has 1 aliphatic carbocycles. The Balaban J connectivity index is 1.31. The Bertz CT molecular complexity index is 2080. The highest BCUT2D eigenvalue weighted by Gasteiger charge is 2.32. The van der Waals surface area contributed by atoms with Gasteiger partial charge in [0.15, 0.2) is 16.3 Å². The normalized spacial score (nSPS) is 15.8. The summed E-state index contributed by atoms with van der Waals surface area (Å²) in [5.41, 5.74) is 7.36. The van der Waals surface area contributed by atoms with Crippen LogP contribution < -0.4 is 24.4 Å². The Morgan fingerprint density at radius 1 is 1.00 bits per heavy atom. The van der Waals surface area contributed by atoms with Crippen LogP contribution in [0.25, 0.3) is 11.8 Å². The second-order valence-electron chi connectivity index (χ2n) is 10.5. The van der Waals surface area contributed by atoms with E-state index in [1.807, 2.05) is 65.2 Å². The fourth-order valence-corrected chi connectivity index (χ4v) is 7.24. The monoisotopic (exact) mass is 668 g/mol. The number of hydrogen-bond acceptors (Lipinski definition) is 5. The number of benzene rings is 4. The molecule has 0 amide bonds. The van der Waals surface area contributed by atoms with Crippen LogP contribution in [0.5, 0.6) is 11.5 Å². The second kappa shape index (κ2) is 11.6. The van der Waals surface area contributed by atoms with Gasteiger partial charge in [0.1, 0.15) is 6.61 Å². The van der Waals surface area contributed by atoms with E-state index in [1.165, 1.54) is 22.5 Å². The Kier molecular flexibility index (Phi) is 7.55. The first-order valence-electron chi connectivity index (χ1n) is 13.9. The Morgan fingerprint density at radius 2 is 1.79 bits per heavy atom. The molecular formula is C35H26BrClN2O3S. The van der Waals surface area contributed by atoms with Gasteiger partial charge >= 0.3 is 0 Å². The molecule has 43 heavy (non-hydrogen) atoms. The molecule has 0 saturated carbocycles. The summed E-state index contributed by atoms with van der Waals surface area (Å²) >= 11 is 11.3. The summed E-state index contributed by atoms with van der Waals surface area (Å²) in [5.74, 6) is 1.18. The fraction of sp³-hybridized carbons (Fsp3) is 0.143. The molecule has 5 aromatic rings. The van der Waals surface area contributed by atoms with Crippen molar-refractivity contribution in [2.75, 3.05) is 7.11 Å². The average Bonchev–Trinajstić information content (AvgIpc) is 3.34. The van der Waals surface area contributed by atoms with Crippen LogP contribution in [0.3, 0.4) is 0 Å². The second-order valence-corrected chi connectivity index (χ2v) is 12.8. The van der Waals surface area contributed by atoms with Crippen molar-refractivity contribution in [3.05, 3.63) is 154 Å². The molecule has 0 saturated heterocycles. The quantitative estimate of drug-likeness (QED) is 0.190. The maximum absolute atomic E-state index is 14.1. The first kappa shape index (κ1) is 27.9. The summed E-state index contributed by atoms with van der Waals surface area (Å²) in [6, 6.07) is 29.7. The number of halogens is 2. The van der Waals surface area contributed by atoms with Gasteiger partial charge in [-0.05, 0) is 71.5 Å². The van der Waals surface area contributed by atoms with Gasteiger partial charge in [0.05, 0.1) is 23.4 Å².